The lowest BCUT2D eigenvalue weighted by atomic mass is 10.1. The molecule has 1 aliphatic heterocycles. The topological polar surface area (TPSA) is 74.3 Å². The van der Waals surface area contributed by atoms with Gasteiger partial charge in [0.2, 0.25) is 5.95 Å². The molecule has 1 N–H and O–H groups in total. The molecule has 1 unspecified atom stereocenters. The van der Waals surface area contributed by atoms with Gasteiger partial charge in [-0.3, -0.25) is 0 Å². The van der Waals surface area contributed by atoms with E-state index in [-0.39, 0.29) is 6.04 Å². The van der Waals surface area contributed by atoms with Crippen LogP contribution in [-0.2, 0) is 6.42 Å². The quantitative estimate of drug-likeness (QED) is 0.757. The molecule has 7 nitrogen and oxygen atoms in total. The molecule has 1 atom stereocenters. The molecule has 26 heavy (non-hydrogen) atoms. The third-order valence-electron chi connectivity index (χ3n) is 4.36. The Morgan fingerprint density at radius 1 is 1.19 bits per heavy atom. The second kappa shape index (κ2) is 6.59. The first-order chi connectivity index (χ1) is 12.7. The molecule has 0 amide bonds. The number of aryl methyl sites for hydroxylation is 1. The van der Waals surface area contributed by atoms with E-state index in [0.717, 1.165) is 29.3 Å². The Bertz CT molecular complexity index is 944. The number of methoxy groups -OCH3 is 2. The number of rotatable bonds is 5. The number of nitrogens with zero attached hydrogens (tertiary/aromatic N) is 3. The van der Waals surface area contributed by atoms with Gasteiger partial charge in [-0.15, -0.1) is 0 Å². The highest BCUT2D eigenvalue weighted by atomic mass is 16.5. The Labute approximate surface area is 151 Å². The SMILES string of the molecule is CCc1nc2n(n1)C(c1ccco1)C=C(c1ccc(OC)c(OC)c1)N2. The lowest BCUT2D eigenvalue weighted by Gasteiger charge is -2.23. The summed E-state index contributed by atoms with van der Waals surface area (Å²) in [7, 11) is 3.25. The van der Waals surface area contributed by atoms with E-state index < -0.39 is 0 Å². The molecule has 0 saturated carbocycles. The molecule has 3 heterocycles. The molecule has 2 aromatic heterocycles. The summed E-state index contributed by atoms with van der Waals surface area (Å²) in [4.78, 5) is 4.58. The lowest BCUT2D eigenvalue weighted by molar-refractivity contribution is 0.355. The number of allylic oxidation sites excluding steroid dienone is 1. The fourth-order valence-electron chi connectivity index (χ4n) is 3.02. The molecule has 0 fully saturated rings. The van der Waals surface area contributed by atoms with Gasteiger partial charge in [-0.1, -0.05) is 6.92 Å². The lowest BCUT2D eigenvalue weighted by Crippen LogP contribution is -2.20. The zero-order valence-corrected chi connectivity index (χ0v) is 14.9. The number of hydrogen-bond donors (Lipinski definition) is 1. The van der Waals surface area contributed by atoms with Crippen LogP contribution in [0, 0.1) is 0 Å². The minimum Gasteiger partial charge on any atom is -0.493 e. The summed E-state index contributed by atoms with van der Waals surface area (Å²) >= 11 is 0. The predicted octanol–water partition coefficient (Wildman–Crippen LogP) is 3.51. The first-order valence-corrected chi connectivity index (χ1v) is 8.43. The highest BCUT2D eigenvalue weighted by Gasteiger charge is 2.27. The summed E-state index contributed by atoms with van der Waals surface area (Å²) in [6, 6.07) is 9.44. The number of furan rings is 1. The Morgan fingerprint density at radius 3 is 2.73 bits per heavy atom. The highest BCUT2D eigenvalue weighted by Crippen LogP contribution is 2.35. The van der Waals surface area contributed by atoms with Crippen molar-refractivity contribution in [3.8, 4) is 11.5 Å². The van der Waals surface area contributed by atoms with Crippen molar-refractivity contribution in [1.82, 2.24) is 14.8 Å². The third-order valence-corrected chi connectivity index (χ3v) is 4.36. The maximum absolute atomic E-state index is 5.63. The Hall–Kier alpha value is -3.22. The number of fused-ring (bicyclic) bond motifs is 1. The van der Waals surface area contributed by atoms with Crippen LogP contribution in [-0.4, -0.2) is 29.0 Å². The molecule has 1 aliphatic rings. The largest absolute Gasteiger partial charge is 0.493 e. The van der Waals surface area contributed by atoms with Crippen molar-refractivity contribution >= 4 is 11.6 Å². The zero-order chi connectivity index (χ0) is 18.1. The number of benzene rings is 1. The van der Waals surface area contributed by atoms with E-state index in [0.29, 0.717) is 17.4 Å². The van der Waals surface area contributed by atoms with E-state index in [2.05, 4.69) is 21.5 Å². The van der Waals surface area contributed by atoms with Gasteiger partial charge in [-0.2, -0.15) is 10.1 Å². The van der Waals surface area contributed by atoms with E-state index in [1.54, 1.807) is 20.5 Å². The third kappa shape index (κ3) is 2.71. The second-order valence-electron chi connectivity index (χ2n) is 5.89. The van der Waals surface area contributed by atoms with Crippen LogP contribution in [0.3, 0.4) is 0 Å². The zero-order valence-electron chi connectivity index (χ0n) is 14.9. The monoisotopic (exact) mass is 352 g/mol. The molecule has 1 aromatic carbocycles. The molecular weight excluding hydrogens is 332 g/mol. The van der Waals surface area contributed by atoms with Crippen LogP contribution in [0.15, 0.2) is 47.1 Å². The average molecular weight is 352 g/mol. The fraction of sp³-hybridized carbons (Fsp3) is 0.263. The first kappa shape index (κ1) is 16.3. The minimum absolute atomic E-state index is 0.169. The van der Waals surface area contributed by atoms with Gasteiger partial charge in [0.15, 0.2) is 17.3 Å². The fourth-order valence-corrected chi connectivity index (χ4v) is 3.02. The average Bonchev–Trinajstić information content (AvgIpc) is 3.35. The van der Waals surface area contributed by atoms with Crippen molar-refractivity contribution < 1.29 is 13.9 Å². The van der Waals surface area contributed by atoms with Gasteiger partial charge in [0.25, 0.3) is 0 Å². The number of nitrogens with one attached hydrogen (secondary N) is 1. The number of anilines is 1. The Balaban J connectivity index is 1.79. The molecule has 3 aromatic rings. The van der Waals surface area contributed by atoms with Gasteiger partial charge in [0.1, 0.15) is 11.8 Å². The van der Waals surface area contributed by atoms with Crippen molar-refractivity contribution in [3.05, 3.63) is 59.8 Å². The smallest absolute Gasteiger partial charge is 0.226 e. The van der Waals surface area contributed by atoms with Gasteiger partial charge in [-0.05, 0) is 36.4 Å². The van der Waals surface area contributed by atoms with Crippen LogP contribution in [0.5, 0.6) is 11.5 Å². The Kier molecular flexibility index (Phi) is 4.12. The maximum Gasteiger partial charge on any atom is 0.226 e. The van der Waals surface area contributed by atoms with Crippen molar-refractivity contribution in [3.63, 3.8) is 0 Å². The van der Waals surface area contributed by atoms with Gasteiger partial charge < -0.3 is 19.2 Å². The van der Waals surface area contributed by atoms with E-state index in [1.807, 2.05) is 41.9 Å². The normalized spacial score (nSPS) is 15.8. The molecule has 7 heteroatoms. The summed E-state index contributed by atoms with van der Waals surface area (Å²) in [5.74, 6) is 3.63. The summed E-state index contributed by atoms with van der Waals surface area (Å²) in [6.45, 7) is 2.03. The molecule has 4 rings (SSSR count). The number of ether oxygens (including phenoxy) is 2. The summed E-state index contributed by atoms with van der Waals surface area (Å²) in [5.41, 5.74) is 1.88. The standard InChI is InChI=1S/C19H20N4O3/c1-4-18-21-19-20-13(12-7-8-16(24-2)17(10-12)25-3)11-14(23(19)22-18)15-6-5-9-26-15/h5-11,14H,4H2,1-3H3,(H,20,21,22). The van der Waals surface area contributed by atoms with Crippen LogP contribution in [0.2, 0.25) is 0 Å². The number of aromatic nitrogens is 3. The summed E-state index contributed by atoms with van der Waals surface area (Å²) in [6.07, 6.45) is 4.50. The predicted molar refractivity (Wildman–Crippen MR) is 97.4 cm³/mol. The van der Waals surface area contributed by atoms with Gasteiger partial charge in [0.05, 0.1) is 20.5 Å². The molecule has 0 radical (unpaired) electrons. The van der Waals surface area contributed by atoms with Crippen molar-refractivity contribution in [2.24, 2.45) is 0 Å². The minimum atomic E-state index is -0.169. The van der Waals surface area contributed by atoms with Gasteiger partial charge >= 0.3 is 0 Å². The maximum atomic E-state index is 5.63. The molecule has 134 valence electrons. The van der Waals surface area contributed by atoms with E-state index in [9.17, 15) is 0 Å². The van der Waals surface area contributed by atoms with Crippen LogP contribution >= 0.6 is 0 Å². The molecular formula is C19H20N4O3. The second-order valence-corrected chi connectivity index (χ2v) is 5.89. The molecule has 0 saturated heterocycles. The van der Waals surface area contributed by atoms with Gasteiger partial charge in [0, 0.05) is 17.7 Å². The first-order valence-electron chi connectivity index (χ1n) is 8.43. The van der Waals surface area contributed by atoms with Crippen LogP contribution < -0.4 is 14.8 Å². The van der Waals surface area contributed by atoms with Crippen LogP contribution in [0.1, 0.15) is 30.1 Å². The van der Waals surface area contributed by atoms with Crippen LogP contribution in [0.25, 0.3) is 5.70 Å². The van der Waals surface area contributed by atoms with E-state index in [1.165, 1.54) is 0 Å². The van der Waals surface area contributed by atoms with Crippen LogP contribution in [0.4, 0.5) is 5.95 Å². The molecule has 0 spiro atoms. The van der Waals surface area contributed by atoms with Crippen molar-refractivity contribution in [1.29, 1.82) is 0 Å². The Morgan fingerprint density at radius 2 is 2.04 bits per heavy atom. The molecule has 0 bridgehead atoms. The molecule has 0 aliphatic carbocycles. The summed E-state index contributed by atoms with van der Waals surface area (Å²) in [5, 5.41) is 7.95. The highest BCUT2D eigenvalue weighted by molar-refractivity contribution is 5.78. The van der Waals surface area contributed by atoms with E-state index >= 15 is 0 Å². The van der Waals surface area contributed by atoms with Gasteiger partial charge in [-0.25, -0.2) is 4.68 Å². The number of hydrogen-bond acceptors (Lipinski definition) is 6. The van der Waals surface area contributed by atoms with E-state index in [4.69, 9.17) is 13.9 Å². The van der Waals surface area contributed by atoms with Crippen molar-refractivity contribution in [2.75, 3.05) is 19.5 Å². The summed E-state index contributed by atoms with van der Waals surface area (Å²) < 4.78 is 18.2. The van der Waals surface area contributed by atoms with Crippen molar-refractivity contribution in [2.45, 2.75) is 19.4 Å².